The molecule has 0 aromatic heterocycles. The van der Waals surface area contributed by atoms with Crippen molar-refractivity contribution in [3.8, 4) is 0 Å². The van der Waals surface area contributed by atoms with Crippen LogP contribution in [-0.4, -0.2) is 54.3 Å². The molecule has 5 nitrogen and oxygen atoms in total. The number of nitrogens with zero attached hydrogens (tertiary/aromatic N) is 2. The Bertz CT molecular complexity index is 1140. The van der Waals surface area contributed by atoms with E-state index in [0.717, 1.165) is 54.9 Å². The Morgan fingerprint density at radius 2 is 1.67 bits per heavy atom. The van der Waals surface area contributed by atoms with Crippen LogP contribution in [0.4, 0.5) is 5.69 Å². The molecule has 0 radical (unpaired) electrons. The molecule has 2 aromatic rings. The molecule has 6 heteroatoms. The minimum Gasteiger partial charge on any atom is -0.339 e. The molecule has 190 valence electrons. The van der Waals surface area contributed by atoms with Crippen LogP contribution in [0.3, 0.4) is 0 Å². The Kier molecular flexibility index (Phi) is 10.1. The maximum absolute atomic E-state index is 12.8. The maximum atomic E-state index is 12.8. The molecule has 0 spiro atoms. The molecule has 0 aliphatic carbocycles. The fraction of sp³-hybridized carbons (Fsp3) is 0.333. The van der Waals surface area contributed by atoms with E-state index in [1.54, 1.807) is 5.41 Å². The first kappa shape index (κ1) is 27.5. The summed E-state index contributed by atoms with van der Waals surface area (Å²) in [5.74, 6) is -0.0402. The van der Waals surface area contributed by atoms with E-state index in [1.165, 1.54) is 18.1 Å². The molecule has 36 heavy (non-hydrogen) atoms. The Labute approximate surface area is 221 Å². The van der Waals surface area contributed by atoms with Crippen LogP contribution >= 0.6 is 12.6 Å². The minimum atomic E-state index is -0.0931. The van der Waals surface area contributed by atoms with Gasteiger partial charge in [-0.2, -0.15) is 12.6 Å². The third-order valence-electron chi connectivity index (χ3n) is 6.49. The first-order valence-electron chi connectivity index (χ1n) is 12.6. The molecule has 1 aliphatic rings. The van der Waals surface area contributed by atoms with Gasteiger partial charge in [0.25, 0.3) is 5.91 Å². The molecule has 1 saturated heterocycles. The van der Waals surface area contributed by atoms with Crippen molar-refractivity contribution < 1.29 is 9.59 Å². The third-order valence-corrected chi connectivity index (χ3v) is 6.64. The van der Waals surface area contributed by atoms with Gasteiger partial charge in [0.15, 0.2) is 0 Å². The lowest BCUT2D eigenvalue weighted by molar-refractivity contribution is -0.114. The first-order chi connectivity index (χ1) is 17.4. The van der Waals surface area contributed by atoms with Gasteiger partial charge in [0.2, 0.25) is 5.91 Å². The van der Waals surface area contributed by atoms with E-state index in [-0.39, 0.29) is 11.8 Å². The van der Waals surface area contributed by atoms with Crippen molar-refractivity contribution in [2.75, 3.05) is 38.0 Å². The number of amides is 2. The minimum absolute atomic E-state index is 0.0530. The van der Waals surface area contributed by atoms with E-state index < -0.39 is 0 Å². The van der Waals surface area contributed by atoms with Crippen molar-refractivity contribution in [1.29, 1.82) is 0 Å². The number of nitrogens with one attached hydrogen (secondary N) is 1. The molecule has 2 amide bonds. The van der Waals surface area contributed by atoms with E-state index in [9.17, 15) is 9.59 Å². The fourth-order valence-corrected chi connectivity index (χ4v) is 4.89. The van der Waals surface area contributed by atoms with Gasteiger partial charge in [0, 0.05) is 50.9 Å². The Morgan fingerprint density at radius 3 is 2.25 bits per heavy atom. The highest BCUT2D eigenvalue weighted by Crippen LogP contribution is 2.34. The topological polar surface area (TPSA) is 52.7 Å². The lowest BCUT2D eigenvalue weighted by Crippen LogP contribution is -2.32. The van der Waals surface area contributed by atoms with Gasteiger partial charge in [0.1, 0.15) is 0 Å². The van der Waals surface area contributed by atoms with Gasteiger partial charge in [-0.1, -0.05) is 42.5 Å². The van der Waals surface area contributed by atoms with Gasteiger partial charge in [0.05, 0.1) is 0 Å². The second-order valence-corrected chi connectivity index (χ2v) is 9.34. The summed E-state index contributed by atoms with van der Waals surface area (Å²) >= 11 is 4.15. The van der Waals surface area contributed by atoms with Crippen molar-refractivity contribution >= 4 is 35.7 Å². The Balaban J connectivity index is 1.96. The van der Waals surface area contributed by atoms with Crippen molar-refractivity contribution in [3.63, 3.8) is 0 Å². The average molecular weight is 504 g/mol. The second kappa shape index (κ2) is 13.3. The number of anilines is 1. The average Bonchev–Trinajstić information content (AvgIpc) is 2.86. The lowest BCUT2D eigenvalue weighted by Gasteiger charge is -2.30. The summed E-state index contributed by atoms with van der Waals surface area (Å²) in [7, 11) is 0. The SMILES string of the molecule is C=C(/C=C\S)CN1CCC(=C(c2ccc(C(=O)N(CC)CC)cc2)c2cccc(NC(C)=O)c2)CC1. The molecule has 1 heterocycles. The number of likely N-dealkylation sites (tertiary alicyclic amines) is 1. The number of hydrogen-bond acceptors (Lipinski definition) is 4. The summed E-state index contributed by atoms with van der Waals surface area (Å²) < 4.78 is 0. The zero-order chi connectivity index (χ0) is 26.1. The highest BCUT2D eigenvalue weighted by atomic mass is 32.1. The van der Waals surface area contributed by atoms with Gasteiger partial charge >= 0.3 is 0 Å². The van der Waals surface area contributed by atoms with Crippen LogP contribution in [0.1, 0.15) is 55.1 Å². The van der Waals surface area contributed by atoms with Gasteiger partial charge in [-0.3, -0.25) is 14.5 Å². The quantitative estimate of drug-likeness (QED) is 0.325. The van der Waals surface area contributed by atoms with E-state index in [0.29, 0.717) is 18.7 Å². The van der Waals surface area contributed by atoms with Crippen molar-refractivity contribution in [2.24, 2.45) is 0 Å². The van der Waals surface area contributed by atoms with Crippen LogP contribution in [0.15, 0.2) is 77.7 Å². The largest absolute Gasteiger partial charge is 0.339 e. The van der Waals surface area contributed by atoms with Crippen LogP contribution < -0.4 is 5.32 Å². The van der Waals surface area contributed by atoms with Gasteiger partial charge in [-0.15, -0.1) is 0 Å². The predicted molar refractivity (Wildman–Crippen MR) is 153 cm³/mol. The summed E-state index contributed by atoms with van der Waals surface area (Å²) in [6.45, 7) is 13.7. The number of hydrogen-bond donors (Lipinski definition) is 2. The molecule has 0 atom stereocenters. The van der Waals surface area contributed by atoms with Crippen molar-refractivity contribution in [3.05, 3.63) is 94.4 Å². The molecule has 3 rings (SSSR count). The van der Waals surface area contributed by atoms with Crippen LogP contribution in [0.25, 0.3) is 5.57 Å². The molecular formula is C30H37N3O2S. The molecule has 1 N–H and O–H groups in total. The molecule has 0 saturated carbocycles. The number of rotatable bonds is 9. The Morgan fingerprint density at radius 1 is 1.03 bits per heavy atom. The van der Waals surface area contributed by atoms with Crippen LogP contribution in [-0.2, 0) is 4.79 Å². The summed E-state index contributed by atoms with van der Waals surface area (Å²) in [5.41, 5.74) is 7.23. The standard InChI is InChI=1S/C30H37N3O2S/c1-5-33(6-2)30(35)26-12-10-24(11-13-26)29(27-8-7-9-28(20-27)31-23(4)34)25-14-17-32(18-15-25)21-22(3)16-19-36/h7-13,16,19-20,36H,3,5-6,14-15,17-18,21H2,1-2,4H3,(H,31,34)/b19-16-. The lowest BCUT2D eigenvalue weighted by atomic mass is 9.87. The van der Waals surface area contributed by atoms with E-state index in [2.05, 4.69) is 47.6 Å². The summed E-state index contributed by atoms with van der Waals surface area (Å²) in [6.07, 6.45) is 3.82. The molecule has 0 unspecified atom stereocenters. The molecular weight excluding hydrogens is 466 g/mol. The zero-order valence-electron chi connectivity index (χ0n) is 21.6. The van der Waals surface area contributed by atoms with E-state index in [1.807, 2.05) is 55.2 Å². The summed E-state index contributed by atoms with van der Waals surface area (Å²) in [4.78, 5) is 28.7. The Hall–Kier alpha value is -3.09. The highest BCUT2D eigenvalue weighted by molar-refractivity contribution is 7.83. The molecule has 1 fully saturated rings. The number of thiol groups is 1. The number of benzene rings is 2. The van der Waals surface area contributed by atoms with Crippen LogP contribution in [0.2, 0.25) is 0 Å². The summed E-state index contributed by atoms with van der Waals surface area (Å²) in [6, 6.07) is 16.0. The summed E-state index contributed by atoms with van der Waals surface area (Å²) in [5, 5.41) is 4.63. The van der Waals surface area contributed by atoms with Crippen molar-refractivity contribution in [1.82, 2.24) is 9.80 Å². The van der Waals surface area contributed by atoms with E-state index >= 15 is 0 Å². The highest BCUT2D eigenvalue weighted by Gasteiger charge is 2.20. The van der Waals surface area contributed by atoms with Crippen LogP contribution in [0, 0.1) is 0 Å². The monoisotopic (exact) mass is 503 g/mol. The van der Waals surface area contributed by atoms with E-state index in [4.69, 9.17) is 0 Å². The van der Waals surface area contributed by atoms with Crippen molar-refractivity contribution in [2.45, 2.75) is 33.6 Å². The predicted octanol–water partition coefficient (Wildman–Crippen LogP) is 6.02. The first-order valence-corrected chi connectivity index (χ1v) is 13.1. The normalized spacial score (nSPS) is 14.1. The number of carbonyl (C=O) groups is 2. The second-order valence-electron chi connectivity index (χ2n) is 9.05. The van der Waals surface area contributed by atoms with Gasteiger partial charge in [-0.25, -0.2) is 0 Å². The number of piperidine rings is 1. The molecule has 2 aromatic carbocycles. The smallest absolute Gasteiger partial charge is 0.253 e. The molecule has 0 bridgehead atoms. The zero-order valence-corrected chi connectivity index (χ0v) is 22.5. The third kappa shape index (κ3) is 7.21. The fourth-order valence-electron chi connectivity index (χ4n) is 4.68. The molecule has 1 aliphatic heterocycles. The maximum Gasteiger partial charge on any atom is 0.253 e. The number of carbonyl (C=O) groups excluding carboxylic acids is 2. The van der Waals surface area contributed by atoms with Gasteiger partial charge in [-0.05, 0) is 78.6 Å². The van der Waals surface area contributed by atoms with Crippen LogP contribution in [0.5, 0.6) is 0 Å². The van der Waals surface area contributed by atoms with Gasteiger partial charge < -0.3 is 10.2 Å².